The number of aromatic nitrogens is 1. The van der Waals surface area contributed by atoms with Crippen molar-refractivity contribution >= 4 is 11.3 Å². The molecule has 0 atom stereocenters. The molecule has 1 rings (SSSR count). The summed E-state index contributed by atoms with van der Waals surface area (Å²) in [7, 11) is 0. The van der Waals surface area contributed by atoms with Gasteiger partial charge in [-0.1, -0.05) is 31.1 Å². The molecule has 1 aromatic rings. The van der Waals surface area contributed by atoms with Gasteiger partial charge in [-0.3, -0.25) is 0 Å². The lowest BCUT2D eigenvalue weighted by Crippen LogP contribution is -1.95. The van der Waals surface area contributed by atoms with E-state index in [0.717, 1.165) is 18.2 Å². The summed E-state index contributed by atoms with van der Waals surface area (Å²) in [6.45, 7) is 2.96. The fourth-order valence-corrected chi connectivity index (χ4v) is 1.21. The highest BCUT2D eigenvalue weighted by Crippen LogP contribution is 2.12. The Morgan fingerprint density at radius 2 is 2.55 bits per heavy atom. The molecule has 0 N–H and O–H groups in total. The van der Waals surface area contributed by atoms with Gasteiger partial charge >= 0.3 is 0 Å². The van der Waals surface area contributed by atoms with Crippen LogP contribution in [0.3, 0.4) is 0 Å². The van der Waals surface area contributed by atoms with Gasteiger partial charge in [0, 0.05) is 0 Å². The monoisotopic (exact) mass is 170 g/mol. The Hall–Kier alpha value is -0.570. The minimum atomic E-state index is 0.737. The number of rotatable bonds is 5. The summed E-state index contributed by atoms with van der Waals surface area (Å²) in [5.74, 6) is 0. The highest BCUT2D eigenvalue weighted by Gasteiger charge is 1.93. The van der Waals surface area contributed by atoms with Crippen LogP contribution in [0.15, 0.2) is 6.20 Å². The quantitative estimate of drug-likeness (QED) is 0.633. The third-order valence-corrected chi connectivity index (χ3v) is 1.96. The molecule has 0 saturated carbocycles. The van der Waals surface area contributed by atoms with Gasteiger partial charge < -0.3 is 4.74 Å². The normalized spacial score (nSPS) is 9.91. The number of hydrogen-bond acceptors (Lipinski definition) is 3. The van der Waals surface area contributed by atoms with E-state index in [0.29, 0.717) is 0 Å². The van der Waals surface area contributed by atoms with E-state index < -0.39 is 0 Å². The first-order chi connectivity index (χ1) is 5.43. The van der Waals surface area contributed by atoms with Gasteiger partial charge in [0.25, 0.3) is 5.19 Å². The largest absolute Gasteiger partial charge is 0.470 e. The average molecular weight is 170 g/mol. The van der Waals surface area contributed by atoms with Crippen LogP contribution < -0.4 is 4.74 Å². The zero-order chi connectivity index (χ0) is 7.94. The highest BCUT2D eigenvalue weighted by atomic mass is 32.1. The Bertz CT molecular complexity index is 174. The first-order valence-electron chi connectivity index (χ1n) is 3.88. The van der Waals surface area contributed by atoms with E-state index in [1.54, 1.807) is 6.20 Å². The molecule has 0 fully saturated rings. The third kappa shape index (κ3) is 3.37. The lowest BCUT2D eigenvalue weighted by Gasteiger charge is -1.99. The molecule has 1 heterocycles. The van der Waals surface area contributed by atoms with Crippen molar-refractivity contribution in [3.63, 3.8) is 0 Å². The maximum Gasteiger partial charge on any atom is 0.273 e. The van der Waals surface area contributed by atoms with Gasteiger partial charge in [-0.25, -0.2) is 4.98 Å². The number of thiazole rings is 1. The number of nitrogens with zero attached hydrogens (tertiary/aromatic N) is 1. The number of ether oxygens (including phenoxy) is 1. The van der Waals surface area contributed by atoms with E-state index in [4.69, 9.17) is 4.74 Å². The molecule has 3 heteroatoms. The number of hydrogen-bond donors (Lipinski definition) is 0. The summed E-state index contributed by atoms with van der Waals surface area (Å²) in [4.78, 5) is 3.95. The van der Waals surface area contributed by atoms with Crippen LogP contribution in [0.4, 0.5) is 0 Å². The lowest BCUT2D eigenvalue weighted by atomic mass is 10.3. The Kier molecular flexibility index (Phi) is 3.98. The van der Waals surface area contributed by atoms with Gasteiger partial charge in [-0.05, 0) is 6.42 Å². The molecular formula is C8H12NOS. The molecule has 2 nitrogen and oxygen atoms in total. The summed E-state index contributed by atoms with van der Waals surface area (Å²) in [5, 5.41) is 3.61. The van der Waals surface area contributed by atoms with E-state index in [1.165, 1.54) is 24.2 Å². The first kappa shape index (κ1) is 8.53. The fraction of sp³-hybridized carbons (Fsp3) is 0.625. The van der Waals surface area contributed by atoms with Crippen LogP contribution in [0.1, 0.15) is 26.2 Å². The second kappa shape index (κ2) is 5.13. The van der Waals surface area contributed by atoms with Crippen LogP contribution in [-0.4, -0.2) is 11.6 Å². The van der Waals surface area contributed by atoms with Crippen LogP contribution in [0.5, 0.6) is 5.19 Å². The van der Waals surface area contributed by atoms with Crippen molar-refractivity contribution < 1.29 is 4.74 Å². The van der Waals surface area contributed by atoms with Crippen LogP contribution in [0.2, 0.25) is 0 Å². The predicted octanol–water partition coefficient (Wildman–Crippen LogP) is 2.51. The Balaban J connectivity index is 2.04. The molecule has 0 saturated heterocycles. The second-order valence-electron chi connectivity index (χ2n) is 2.30. The second-order valence-corrected chi connectivity index (χ2v) is 3.09. The Labute approximate surface area is 71.2 Å². The fourth-order valence-electron chi connectivity index (χ4n) is 0.760. The van der Waals surface area contributed by atoms with Crippen LogP contribution >= 0.6 is 11.3 Å². The van der Waals surface area contributed by atoms with Crippen LogP contribution in [-0.2, 0) is 0 Å². The highest BCUT2D eigenvalue weighted by molar-refractivity contribution is 7.10. The van der Waals surface area contributed by atoms with E-state index in [9.17, 15) is 0 Å². The smallest absolute Gasteiger partial charge is 0.273 e. The first-order valence-corrected chi connectivity index (χ1v) is 4.70. The molecule has 61 valence electrons. The topological polar surface area (TPSA) is 22.1 Å². The predicted molar refractivity (Wildman–Crippen MR) is 46.0 cm³/mol. The molecule has 0 unspecified atom stereocenters. The summed E-state index contributed by atoms with van der Waals surface area (Å²) in [6.07, 6.45) is 5.22. The van der Waals surface area contributed by atoms with Crippen molar-refractivity contribution in [2.45, 2.75) is 26.2 Å². The van der Waals surface area contributed by atoms with Crippen LogP contribution in [0, 0.1) is 5.38 Å². The third-order valence-electron chi connectivity index (χ3n) is 1.34. The molecular weight excluding hydrogens is 158 g/mol. The molecule has 0 aliphatic heterocycles. The maximum atomic E-state index is 5.32. The zero-order valence-electron chi connectivity index (χ0n) is 6.67. The van der Waals surface area contributed by atoms with Crippen LogP contribution in [0.25, 0.3) is 0 Å². The Morgan fingerprint density at radius 1 is 1.64 bits per heavy atom. The van der Waals surface area contributed by atoms with Gasteiger partial charge in [0.2, 0.25) is 0 Å². The minimum absolute atomic E-state index is 0.737. The molecule has 1 aromatic heterocycles. The summed E-state index contributed by atoms with van der Waals surface area (Å²) in [5.41, 5.74) is 0. The molecule has 1 radical (unpaired) electrons. The van der Waals surface area contributed by atoms with Gasteiger partial charge in [-0.2, -0.15) is 0 Å². The van der Waals surface area contributed by atoms with E-state index in [1.807, 2.05) is 0 Å². The molecule has 11 heavy (non-hydrogen) atoms. The molecule has 0 spiro atoms. The van der Waals surface area contributed by atoms with Crippen molar-refractivity contribution in [2.24, 2.45) is 0 Å². The van der Waals surface area contributed by atoms with Crippen molar-refractivity contribution in [1.29, 1.82) is 0 Å². The van der Waals surface area contributed by atoms with Crippen molar-refractivity contribution in [3.05, 3.63) is 11.6 Å². The molecule has 0 aliphatic carbocycles. The van der Waals surface area contributed by atoms with E-state index in [2.05, 4.69) is 17.3 Å². The molecule has 0 amide bonds. The summed E-state index contributed by atoms with van der Waals surface area (Å²) in [6, 6.07) is 0. The lowest BCUT2D eigenvalue weighted by molar-refractivity contribution is 0.305. The van der Waals surface area contributed by atoms with Crippen molar-refractivity contribution in [2.75, 3.05) is 6.61 Å². The van der Waals surface area contributed by atoms with Gasteiger partial charge in [0.15, 0.2) is 0 Å². The zero-order valence-corrected chi connectivity index (χ0v) is 7.49. The minimum Gasteiger partial charge on any atom is -0.470 e. The SMILES string of the molecule is CCCCCOc1nc[c]s1. The van der Waals surface area contributed by atoms with E-state index in [-0.39, 0.29) is 0 Å². The Morgan fingerprint density at radius 3 is 3.18 bits per heavy atom. The average Bonchev–Trinajstić information content (AvgIpc) is 2.50. The van der Waals surface area contributed by atoms with Crippen molar-refractivity contribution in [1.82, 2.24) is 4.98 Å². The summed E-state index contributed by atoms with van der Waals surface area (Å²) >= 11 is 1.42. The molecule has 0 aromatic carbocycles. The number of unbranched alkanes of at least 4 members (excludes halogenated alkanes) is 2. The maximum absolute atomic E-state index is 5.32. The van der Waals surface area contributed by atoms with Crippen molar-refractivity contribution in [3.8, 4) is 5.19 Å². The van der Waals surface area contributed by atoms with Gasteiger partial charge in [0.05, 0.1) is 18.2 Å². The van der Waals surface area contributed by atoms with Gasteiger partial charge in [-0.15, -0.1) is 0 Å². The van der Waals surface area contributed by atoms with E-state index >= 15 is 0 Å². The molecule has 0 aliphatic rings. The van der Waals surface area contributed by atoms with Gasteiger partial charge in [0.1, 0.15) is 0 Å². The molecule has 0 bridgehead atoms. The standard InChI is InChI=1S/C8H12NOS/c1-2-3-4-6-10-8-9-5-7-11-8/h5H,2-4,6H2,1H3. The summed E-state index contributed by atoms with van der Waals surface area (Å²) < 4.78 is 5.32.